The van der Waals surface area contributed by atoms with Crippen LogP contribution in [0.2, 0.25) is 0 Å². The van der Waals surface area contributed by atoms with Gasteiger partial charge in [0, 0.05) is 20.3 Å². The summed E-state index contributed by atoms with van der Waals surface area (Å²) in [6.45, 7) is 0.600. The number of nitrogens with zero attached hydrogens (tertiary/aromatic N) is 4. The minimum absolute atomic E-state index is 0.600. The number of benzene rings is 2. The summed E-state index contributed by atoms with van der Waals surface area (Å²) in [5.74, 6) is 1.49. The second-order valence-corrected chi connectivity index (χ2v) is 6.51. The van der Waals surface area contributed by atoms with Crippen molar-refractivity contribution in [1.82, 2.24) is 15.0 Å². The molecule has 27 heavy (non-hydrogen) atoms. The number of fused-ring (bicyclic) bond motifs is 1. The van der Waals surface area contributed by atoms with Gasteiger partial charge in [0.15, 0.2) is 0 Å². The molecule has 0 unspecified atom stereocenters. The van der Waals surface area contributed by atoms with Crippen LogP contribution >= 0.6 is 0 Å². The van der Waals surface area contributed by atoms with E-state index in [2.05, 4.69) is 28.5 Å². The Kier molecular flexibility index (Phi) is 4.66. The molecule has 0 spiro atoms. The largest absolute Gasteiger partial charge is 0.364 e. The van der Waals surface area contributed by atoms with Gasteiger partial charge in [-0.3, -0.25) is 4.98 Å². The molecule has 2 aromatic heterocycles. The van der Waals surface area contributed by atoms with Gasteiger partial charge >= 0.3 is 0 Å². The molecule has 134 valence electrons. The van der Waals surface area contributed by atoms with Gasteiger partial charge in [-0.25, -0.2) is 4.98 Å². The molecule has 2 aromatic carbocycles. The second-order valence-electron chi connectivity index (χ2n) is 6.51. The Morgan fingerprint density at radius 2 is 1.67 bits per heavy atom. The van der Waals surface area contributed by atoms with Gasteiger partial charge in [-0.1, -0.05) is 48.5 Å². The SMILES string of the molecule is CN(C)c1nc(NCc2ccccn2)c2c(-c3ccccc3)cccc2n1. The van der Waals surface area contributed by atoms with Gasteiger partial charge in [0.05, 0.1) is 23.1 Å². The fraction of sp³-hybridized carbons (Fsp3) is 0.136. The Morgan fingerprint density at radius 1 is 0.852 bits per heavy atom. The first-order valence-corrected chi connectivity index (χ1v) is 8.89. The van der Waals surface area contributed by atoms with Crippen LogP contribution in [-0.2, 0) is 6.54 Å². The molecule has 0 aliphatic rings. The zero-order valence-corrected chi connectivity index (χ0v) is 15.4. The minimum atomic E-state index is 0.600. The minimum Gasteiger partial charge on any atom is -0.364 e. The normalized spacial score (nSPS) is 10.7. The van der Waals surface area contributed by atoms with Crippen LogP contribution in [0.4, 0.5) is 11.8 Å². The molecule has 0 saturated heterocycles. The van der Waals surface area contributed by atoms with Crippen molar-refractivity contribution in [2.24, 2.45) is 0 Å². The van der Waals surface area contributed by atoms with Crippen LogP contribution in [-0.4, -0.2) is 29.0 Å². The van der Waals surface area contributed by atoms with Crippen LogP contribution in [0.5, 0.6) is 0 Å². The molecule has 0 bridgehead atoms. The Labute approximate surface area is 158 Å². The maximum Gasteiger partial charge on any atom is 0.227 e. The maximum absolute atomic E-state index is 4.78. The Balaban J connectivity index is 1.85. The third-order valence-electron chi connectivity index (χ3n) is 4.36. The average molecular weight is 355 g/mol. The number of hydrogen-bond acceptors (Lipinski definition) is 5. The van der Waals surface area contributed by atoms with Crippen molar-refractivity contribution in [2.45, 2.75) is 6.54 Å². The number of hydrogen-bond donors (Lipinski definition) is 1. The Hall–Kier alpha value is -3.47. The summed E-state index contributed by atoms with van der Waals surface area (Å²) < 4.78 is 0. The van der Waals surface area contributed by atoms with Gasteiger partial charge in [-0.05, 0) is 29.3 Å². The molecule has 2 heterocycles. The zero-order chi connectivity index (χ0) is 18.6. The maximum atomic E-state index is 4.78. The van der Waals surface area contributed by atoms with E-state index < -0.39 is 0 Å². The fourth-order valence-electron chi connectivity index (χ4n) is 3.03. The molecular formula is C22H21N5. The van der Waals surface area contributed by atoms with E-state index in [1.165, 1.54) is 0 Å². The summed E-state index contributed by atoms with van der Waals surface area (Å²) in [4.78, 5) is 15.8. The smallest absolute Gasteiger partial charge is 0.227 e. The number of aromatic nitrogens is 3. The van der Waals surface area contributed by atoms with Crippen LogP contribution < -0.4 is 10.2 Å². The van der Waals surface area contributed by atoms with E-state index in [-0.39, 0.29) is 0 Å². The molecule has 0 saturated carbocycles. The molecule has 4 rings (SSSR count). The third-order valence-corrected chi connectivity index (χ3v) is 4.36. The summed E-state index contributed by atoms with van der Waals surface area (Å²) in [5.41, 5.74) is 4.14. The van der Waals surface area contributed by atoms with Crippen LogP contribution in [0, 0.1) is 0 Å². The van der Waals surface area contributed by atoms with Crippen molar-refractivity contribution in [3.63, 3.8) is 0 Å². The Bertz CT molecular complexity index is 1050. The molecule has 0 aliphatic heterocycles. The lowest BCUT2D eigenvalue weighted by Gasteiger charge is -2.17. The second kappa shape index (κ2) is 7.41. The van der Waals surface area contributed by atoms with Crippen LogP contribution in [0.25, 0.3) is 22.0 Å². The van der Waals surface area contributed by atoms with E-state index in [9.17, 15) is 0 Å². The summed E-state index contributed by atoms with van der Waals surface area (Å²) in [6.07, 6.45) is 1.80. The lowest BCUT2D eigenvalue weighted by molar-refractivity contribution is 0.992. The van der Waals surface area contributed by atoms with Crippen molar-refractivity contribution in [3.8, 4) is 11.1 Å². The van der Waals surface area contributed by atoms with Crippen molar-refractivity contribution in [1.29, 1.82) is 0 Å². The van der Waals surface area contributed by atoms with E-state index in [0.29, 0.717) is 12.5 Å². The molecule has 0 aliphatic carbocycles. The number of nitrogens with one attached hydrogen (secondary N) is 1. The van der Waals surface area contributed by atoms with E-state index in [0.717, 1.165) is 33.5 Å². The standard InChI is InChI=1S/C22H21N5/c1-27(2)22-25-19-13-8-12-18(16-9-4-3-5-10-16)20(19)21(26-22)24-15-17-11-6-7-14-23-17/h3-14H,15H2,1-2H3,(H,24,25,26). The van der Waals surface area contributed by atoms with Gasteiger partial charge < -0.3 is 10.2 Å². The average Bonchev–Trinajstić information content (AvgIpc) is 2.72. The Morgan fingerprint density at radius 3 is 2.41 bits per heavy atom. The molecule has 0 atom stereocenters. The summed E-state index contributed by atoms with van der Waals surface area (Å²) in [6, 6.07) is 22.4. The first kappa shape index (κ1) is 17.0. The highest BCUT2D eigenvalue weighted by Crippen LogP contribution is 2.33. The van der Waals surface area contributed by atoms with Crippen molar-refractivity contribution in [3.05, 3.63) is 78.6 Å². The molecule has 5 heteroatoms. The van der Waals surface area contributed by atoms with Crippen LogP contribution in [0.15, 0.2) is 72.9 Å². The highest BCUT2D eigenvalue weighted by Gasteiger charge is 2.14. The molecular weight excluding hydrogens is 334 g/mol. The van der Waals surface area contributed by atoms with E-state index >= 15 is 0 Å². The zero-order valence-electron chi connectivity index (χ0n) is 15.4. The molecule has 0 fully saturated rings. The van der Waals surface area contributed by atoms with Crippen LogP contribution in [0.3, 0.4) is 0 Å². The highest BCUT2D eigenvalue weighted by molar-refractivity contribution is 6.02. The van der Waals surface area contributed by atoms with Crippen LogP contribution in [0.1, 0.15) is 5.69 Å². The van der Waals surface area contributed by atoms with Gasteiger partial charge in [0.2, 0.25) is 5.95 Å². The van der Waals surface area contributed by atoms with Gasteiger partial charge in [-0.2, -0.15) is 4.98 Å². The molecule has 1 N–H and O–H groups in total. The monoisotopic (exact) mass is 355 g/mol. The predicted octanol–water partition coefficient (Wildman–Crippen LogP) is 4.37. The van der Waals surface area contributed by atoms with Crippen molar-refractivity contribution in [2.75, 3.05) is 24.3 Å². The third kappa shape index (κ3) is 3.58. The fourth-order valence-corrected chi connectivity index (χ4v) is 3.03. The molecule has 0 radical (unpaired) electrons. The molecule has 4 aromatic rings. The predicted molar refractivity (Wildman–Crippen MR) is 111 cm³/mol. The number of rotatable bonds is 5. The lowest BCUT2D eigenvalue weighted by atomic mass is 10.0. The van der Waals surface area contributed by atoms with Gasteiger partial charge in [0.25, 0.3) is 0 Å². The quantitative estimate of drug-likeness (QED) is 0.576. The summed E-state index contributed by atoms with van der Waals surface area (Å²) >= 11 is 0. The van der Waals surface area contributed by atoms with Gasteiger partial charge in [-0.15, -0.1) is 0 Å². The van der Waals surface area contributed by atoms with Gasteiger partial charge in [0.1, 0.15) is 5.82 Å². The summed E-state index contributed by atoms with van der Waals surface area (Å²) in [5, 5.41) is 4.49. The van der Waals surface area contributed by atoms with E-state index in [4.69, 9.17) is 9.97 Å². The highest BCUT2D eigenvalue weighted by atomic mass is 15.2. The van der Waals surface area contributed by atoms with E-state index in [1.54, 1.807) is 6.20 Å². The topological polar surface area (TPSA) is 53.9 Å². The first-order valence-electron chi connectivity index (χ1n) is 8.89. The van der Waals surface area contributed by atoms with Crippen molar-refractivity contribution < 1.29 is 0 Å². The first-order chi connectivity index (χ1) is 13.2. The summed E-state index contributed by atoms with van der Waals surface area (Å²) in [7, 11) is 3.90. The number of pyridine rings is 1. The lowest BCUT2D eigenvalue weighted by Crippen LogP contribution is -2.14. The van der Waals surface area contributed by atoms with Crippen molar-refractivity contribution >= 4 is 22.7 Å². The van der Waals surface area contributed by atoms with E-state index in [1.807, 2.05) is 67.5 Å². The molecule has 0 amide bonds. The molecule has 5 nitrogen and oxygen atoms in total. The number of anilines is 2.